The Bertz CT molecular complexity index is 315. The lowest BCUT2D eigenvalue weighted by molar-refractivity contribution is -0.00683. The maximum absolute atomic E-state index is 5.43. The van der Waals surface area contributed by atoms with E-state index in [1.165, 1.54) is 0 Å². The van der Waals surface area contributed by atoms with Gasteiger partial charge in [0.15, 0.2) is 5.96 Å². The van der Waals surface area contributed by atoms with Crippen molar-refractivity contribution < 1.29 is 9.47 Å². The van der Waals surface area contributed by atoms with Crippen molar-refractivity contribution in [1.82, 2.24) is 15.5 Å². The first-order valence-electron chi connectivity index (χ1n) is 8.53. The Morgan fingerprint density at radius 1 is 1.23 bits per heavy atom. The number of morpholine rings is 1. The van der Waals surface area contributed by atoms with Gasteiger partial charge in [-0.3, -0.25) is 9.89 Å². The van der Waals surface area contributed by atoms with Crippen LogP contribution in [0.25, 0.3) is 0 Å². The van der Waals surface area contributed by atoms with Crippen molar-refractivity contribution >= 4 is 5.96 Å². The number of aliphatic imine (C=N–C) groups is 1. The minimum absolute atomic E-state index is 0.0530. The molecular formula is C16H34N4O2. The normalized spacial score (nSPS) is 17.5. The summed E-state index contributed by atoms with van der Waals surface area (Å²) in [6.07, 6.45) is 0.991. The quantitative estimate of drug-likeness (QED) is 0.379. The molecule has 2 N–H and O–H groups in total. The van der Waals surface area contributed by atoms with E-state index in [0.717, 1.165) is 71.5 Å². The second kappa shape index (κ2) is 10.8. The van der Waals surface area contributed by atoms with Gasteiger partial charge in [-0.15, -0.1) is 0 Å². The van der Waals surface area contributed by atoms with Crippen LogP contribution in [-0.4, -0.2) is 75.5 Å². The molecule has 0 aromatic rings. The molecule has 0 aromatic heterocycles. The van der Waals surface area contributed by atoms with Crippen LogP contribution in [0.5, 0.6) is 0 Å². The van der Waals surface area contributed by atoms with Gasteiger partial charge in [0.25, 0.3) is 0 Å². The van der Waals surface area contributed by atoms with Crippen LogP contribution in [0.1, 0.15) is 34.1 Å². The smallest absolute Gasteiger partial charge is 0.191 e. The topological polar surface area (TPSA) is 58.1 Å². The van der Waals surface area contributed by atoms with E-state index in [1.54, 1.807) is 0 Å². The van der Waals surface area contributed by atoms with E-state index in [-0.39, 0.29) is 5.54 Å². The first kappa shape index (κ1) is 19.2. The maximum Gasteiger partial charge on any atom is 0.191 e. The fourth-order valence-corrected chi connectivity index (χ4v) is 2.41. The molecule has 0 radical (unpaired) electrons. The molecule has 6 heteroatoms. The van der Waals surface area contributed by atoms with Crippen molar-refractivity contribution in [2.45, 2.75) is 39.7 Å². The molecule has 0 aliphatic carbocycles. The van der Waals surface area contributed by atoms with Gasteiger partial charge in [-0.2, -0.15) is 0 Å². The van der Waals surface area contributed by atoms with Gasteiger partial charge in [0.1, 0.15) is 0 Å². The van der Waals surface area contributed by atoms with E-state index in [0.29, 0.717) is 0 Å². The van der Waals surface area contributed by atoms with E-state index >= 15 is 0 Å². The average molecular weight is 314 g/mol. The summed E-state index contributed by atoms with van der Waals surface area (Å²) in [5.41, 5.74) is 0.0530. The van der Waals surface area contributed by atoms with Gasteiger partial charge in [0.2, 0.25) is 0 Å². The highest BCUT2D eigenvalue weighted by Crippen LogP contribution is 2.16. The first-order chi connectivity index (χ1) is 10.6. The van der Waals surface area contributed by atoms with Crippen molar-refractivity contribution in [3.63, 3.8) is 0 Å². The Morgan fingerprint density at radius 2 is 1.95 bits per heavy atom. The van der Waals surface area contributed by atoms with Crippen LogP contribution in [0.3, 0.4) is 0 Å². The summed E-state index contributed by atoms with van der Waals surface area (Å²) < 4.78 is 10.8. The van der Waals surface area contributed by atoms with E-state index < -0.39 is 0 Å². The monoisotopic (exact) mass is 314 g/mol. The van der Waals surface area contributed by atoms with E-state index in [1.807, 2.05) is 6.92 Å². The highest BCUT2D eigenvalue weighted by Gasteiger charge is 2.27. The number of nitrogens with zero attached hydrogens (tertiary/aromatic N) is 2. The number of nitrogens with one attached hydrogen (secondary N) is 2. The minimum Gasteiger partial charge on any atom is -0.382 e. The summed E-state index contributed by atoms with van der Waals surface area (Å²) in [6.45, 7) is 16.3. The number of rotatable bonds is 9. The molecule has 1 aliphatic heterocycles. The number of ether oxygens (including phenoxy) is 2. The fourth-order valence-electron chi connectivity index (χ4n) is 2.41. The van der Waals surface area contributed by atoms with Crippen LogP contribution in [-0.2, 0) is 9.47 Å². The van der Waals surface area contributed by atoms with Crippen molar-refractivity contribution in [3.8, 4) is 0 Å². The van der Waals surface area contributed by atoms with Crippen LogP contribution in [0.4, 0.5) is 0 Å². The zero-order valence-electron chi connectivity index (χ0n) is 14.8. The number of hydrogen-bond donors (Lipinski definition) is 2. The molecule has 130 valence electrons. The van der Waals surface area contributed by atoms with E-state index in [4.69, 9.17) is 14.5 Å². The predicted molar refractivity (Wildman–Crippen MR) is 91.6 cm³/mol. The zero-order chi connectivity index (χ0) is 16.3. The van der Waals surface area contributed by atoms with Gasteiger partial charge in [-0.1, -0.05) is 0 Å². The van der Waals surface area contributed by atoms with Gasteiger partial charge < -0.3 is 20.1 Å². The first-order valence-corrected chi connectivity index (χ1v) is 8.53. The third-order valence-corrected chi connectivity index (χ3v) is 3.80. The van der Waals surface area contributed by atoms with Crippen LogP contribution in [0.2, 0.25) is 0 Å². The SMILES string of the molecule is CCNC(=NCC(C)(C)N1CCOCC1)NCCCOCC. The Balaban J connectivity index is 2.41. The van der Waals surface area contributed by atoms with Gasteiger partial charge in [0.05, 0.1) is 19.8 Å². The number of guanidine groups is 1. The third kappa shape index (κ3) is 7.42. The Kier molecular flexibility index (Phi) is 9.43. The zero-order valence-corrected chi connectivity index (χ0v) is 14.8. The highest BCUT2D eigenvalue weighted by molar-refractivity contribution is 5.79. The van der Waals surface area contributed by atoms with Crippen molar-refractivity contribution in [2.75, 3.05) is 59.2 Å². The summed E-state index contributed by atoms with van der Waals surface area (Å²) in [5, 5.41) is 6.67. The summed E-state index contributed by atoms with van der Waals surface area (Å²) >= 11 is 0. The van der Waals surface area contributed by atoms with Crippen LogP contribution >= 0.6 is 0 Å². The predicted octanol–water partition coefficient (Wildman–Crippen LogP) is 1.08. The molecule has 0 spiro atoms. The number of hydrogen-bond acceptors (Lipinski definition) is 4. The van der Waals surface area contributed by atoms with Crippen molar-refractivity contribution in [2.24, 2.45) is 4.99 Å². The largest absolute Gasteiger partial charge is 0.382 e. The molecule has 0 amide bonds. The lowest BCUT2D eigenvalue weighted by Crippen LogP contribution is -2.52. The summed E-state index contributed by atoms with van der Waals surface area (Å²) in [5.74, 6) is 0.889. The molecule has 1 aliphatic rings. The molecular weight excluding hydrogens is 280 g/mol. The second-order valence-corrected chi connectivity index (χ2v) is 6.08. The van der Waals surface area contributed by atoms with Gasteiger partial charge in [-0.05, 0) is 34.1 Å². The van der Waals surface area contributed by atoms with Crippen LogP contribution in [0, 0.1) is 0 Å². The van der Waals surface area contributed by atoms with Gasteiger partial charge in [-0.25, -0.2) is 0 Å². The van der Waals surface area contributed by atoms with Gasteiger partial charge in [0, 0.05) is 44.9 Å². The van der Waals surface area contributed by atoms with E-state index in [9.17, 15) is 0 Å². The van der Waals surface area contributed by atoms with Crippen LogP contribution < -0.4 is 10.6 Å². The van der Waals surface area contributed by atoms with Crippen molar-refractivity contribution in [1.29, 1.82) is 0 Å². The van der Waals surface area contributed by atoms with E-state index in [2.05, 4.69) is 36.3 Å². The Hall–Kier alpha value is -0.850. The average Bonchev–Trinajstić information content (AvgIpc) is 2.53. The van der Waals surface area contributed by atoms with Crippen molar-refractivity contribution in [3.05, 3.63) is 0 Å². The molecule has 1 fully saturated rings. The standard InChI is InChI=1S/C16H34N4O2/c1-5-17-15(18-8-7-11-21-6-2)19-14-16(3,4)20-9-12-22-13-10-20/h5-14H2,1-4H3,(H2,17,18,19). The minimum atomic E-state index is 0.0530. The Labute approximate surface area is 135 Å². The molecule has 0 aromatic carbocycles. The maximum atomic E-state index is 5.43. The lowest BCUT2D eigenvalue weighted by atomic mass is 10.0. The van der Waals surface area contributed by atoms with Gasteiger partial charge >= 0.3 is 0 Å². The molecule has 0 saturated carbocycles. The molecule has 0 atom stereocenters. The summed E-state index contributed by atoms with van der Waals surface area (Å²) in [7, 11) is 0. The third-order valence-electron chi connectivity index (χ3n) is 3.80. The molecule has 22 heavy (non-hydrogen) atoms. The molecule has 1 rings (SSSR count). The molecule has 0 unspecified atom stereocenters. The molecule has 1 saturated heterocycles. The highest BCUT2D eigenvalue weighted by atomic mass is 16.5. The summed E-state index contributed by atoms with van der Waals surface area (Å²) in [6, 6.07) is 0. The summed E-state index contributed by atoms with van der Waals surface area (Å²) in [4.78, 5) is 7.21. The molecule has 0 bridgehead atoms. The lowest BCUT2D eigenvalue weighted by Gasteiger charge is -2.39. The fraction of sp³-hybridized carbons (Fsp3) is 0.938. The second-order valence-electron chi connectivity index (χ2n) is 6.08. The molecule has 1 heterocycles. The molecule has 6 nitrogen and oxygen atoms in total. The van der Waals surface area contributed by atoms with Crippen LogP contribution in [0.15, 0.2) is 4.99 Å². The Morgan fingerprint density at radius 3 is 2.59 bits per heavy atom.